The molecular weight excluding hydrogens is 226 g/mol. The van der Waals surface area contributed by atoms with Crippen LogP contribution in [0.15, 0.2) is 24.3 Å². The second-order valence-electron chi connectivity index (χ2n) is 3.73. The molecule has 0 heterocycles. The van der Waals surface area contributed by atoms with E-state index in [1.165, 1.54) is 17.7 Å². The molecule has 1 atom stereocenters. The Morgan fingerprint density at radius 2 is 2.27 bits per heavy atom. The predicted octanol–water partition coefficient (Wildman–Crippen LogP) is 3.35. The third kappa shape index (κ3) is 5.45. The summed E-state index contributed by atoms with van der Waals surface area (Å²) >= 11 is 7.79. The zero-order valence-electron chi connectivity index (χ0n) is 9.08. The largest absolute Gasteiger partial charge is 0.327 e. The number of benzene rings is 1. The molecule has 0 spiro atoms. The van der Waals surface area contributed by atoms with Crippen LogP contribution < -0.4 is 5.73 Å². The Morgan fingerprint density at radius 1 is 1.47 bits per heavy atom. The van der Waals surface area contributed by atoms with Crippen LogP contribution in [-0.4, -0.2) is 18.1 Å². The van der Waals surface area contributed by atoms with Crippen molar-refractivity contribution in [1.82, 2.24) is 0 Å². The van der Waals surface area contributed by atoms with E-state index in [1.807, 2.05) is 30.0 Å². The molecule has 0 aromatic heterocycles. The van der Waals surface area contributed by atoms with E-state index in [-0.39, 0.29) is 6.04 Å². The van der Waals surface area contributed by atoms with Gasteiger partial charge in [-0.3, -0.25) is 0 Å². The zero-order chi connectivity index (χ0) is 11.1. The molecule has 0 radical (unpaired) electrons. The molecule has 1 nitrogen and oxygen atoms in total. The van der Waals surface area contributed by atoms with Crippen LogP contribution in [0.2, 0.25) is 5.02 Å². The number of halogens is 1. The van der Waals surface area contributed by atoms with E-state index in [2.05, 4.69) is 12.3 Å². The summed E-state index contributed by atoms with van der Waals surface area (Å²) in [4.78, 5) is 0. The van der Waals surface area contributed by atoms with Crippen molar-refractivity contribution in [2.75, 3.05) is 12.0 Å². The molecule has 0 amide bonds. The van der Waals surface area contributed by atoms with Crippen molar-refractivity contribution < 1.29 is 0 Å². The molecule has 1 unspecified atom stereocenters. The first kappa shape index (κ1) is 12.9. The Kier molecular flexibility index (Phi) is 6.15. The first-order chi connectivity index (χ1) is 7.22. The van der Waals surface area contributed by atoms with Crippen LogP contribution in [0.1, 0.15) is 18.4 Å². The fourth-order valence-corrected chi connectivity index (χ4v) is 2.23. The molecule has 0 bridgehead atoms. The summed E-state index contributed by atoms with van der Waals surface area (Å²) in [5.41, 5.74) is 7.28. The van der Waals surface area contributed by atoms with Gasteiger partial charge in [0.05, 0.1) is 0 Å². The van der Waals surface area contributed by atoms with Crippen LogP contribution in [0.25, 0.3) is 0 Å². The van der Waals surface area contributed by atoms with Gasteiger partial charge in [0, 0.05) is 11.1 Å². The second kappa shape index (κ2) is 7.15. The van der Waals surface area contributed by atoms with E-state index < -0.39 is 0 Å². The van der Waals surface area contributed by atoms with Crippen molar-refractivity contribution in [1.29, 1.82) is 0 Å². The predicted molar refractivity (Wildman–Crippen MR) is 70.7 cm³/mol. The average molecular weight is 244 g/mol. The minimum absolute atomic E-state index is 0.260. The van der Waals surface area contributed by atoms with Gasteiger partial charge in [0.25, 0.3) is 0 Å². The molecule has 3 heteroatoms. The molecule has 0 saturated heterocycles. The Labute approximate surface area is 101 Å². The molecule has 2 N–H and O–H groups in total. The minimum Gasteiger partial charge on any atom is -0.327 e. The monoisotopic (exact) mass is 243 g/mol. The van der Waals surface area contributed by atoms with E-state index in [4.69, 9.17) is 17.3 Å². The van der Waals surface area contributed by atoms with Gasteiger partial charge in [-0.05, 0) is 49.0 Å². The first-order valence-corrected chi connectivity index (χ1v) is 6.98. The maximum absolute atomic E-state index is 6.04. The molecule has 0 aliphatic rings. The number of nitrogens with two attached hydrogens (primary N) is 1. The van der Waals surface area contributed by atoms with Gasteiger partial charge in [0.1, 0.15) is 0 Å². The highest BCUT2D eigenvalue weighted by atomic mass is 35.5. The summed E-state index contributed by atoms with van der Waals surface area (Å²) in [6.45, 7) is 0. The SMILES string of the molecule is CSCCCC(N)Cc1cccc(Cl)c1. The lowest BCUT2D eigenvalue weighted by molar-refractivity contribution is 0.603. The Balaban J connectivity index is 2.34. The zero-order valence-corrected chi connectivity index (χ0v) is 10.7. The molecular formula is C12H18ClNS. The van der Waals surface area contributed by atoms with Gasteiger partial charge >= 0.3 is 0 Å². The highest BCUT2D eigenvalue weighted by Crippen LogP contribution is 2.13. The van der Waals surface area contributed by atoms with Gasteiger partial charge in [0.15, 0.2) is 0 Å². The van der Waals surface area contributed by atoms with Gasteiger partial charge < -0.3 is 5.73 Å². The van der Waals surface area contributed by atoms with Crippen LogP contribution in [0.4, 0.5) is 0 Å². The molecule has 1 aromatic carbocycles. The third-order valence-corrected chi connectivity index (χ3v) is 3.24. The third-order valence-electron chi connectivity index (χ3n) is 2.31. The van der Waals surface area contributed by atoms with Crippen molar-refractivity contribution in [3.8, 4) is 0 Å². The summed E-state index contributed by atoms with van der Waals surface area (Å²) in [6.07, 6.45) is 5.34. The first-order valence-electron chi connectivity index (χ1n) is 5.21. The van der Waals surface area contributed by atoms with Crippen LogP contribution in [0.3, 0.4) is 0 Å². The molecule has 0 aliphatic heterocycles. The molecule has 15 heavy (non-hydrogen) atoms. The summed E-state index contributed by atoms with van der Waals surface area (Å²) in [5, 5.41) is 0.795. The summed E-state index contributed by atoms with van der Waals surface area (Å²) in [5.74, 6) is 1.20. The summed E-state index contributed by atoms with van der Waals surface area (Å²) in [6, 6.07) is 8.21. The number of rotatable bonds is 6. The molecule has 1 rings (SSSR count). The lowest BCUT2D eigenvalue weighted by Crippen LogP contribution is -2.22. The molecule has 84 valence electrons. The Bertz CT molecular complexity index is 291. The highest BCUT2D eigenvalue weighted by molar-refractivity contribution is 7.98. The van der Waals surface area contributed by atoms with Gasteiger partial charge in [-0.25, -0.2) is 0 Å². The molecule has 1 aromatic rings. The van der Waals surface area contributed by atoms with Crippen molar-refractivity contribution in [2.24, 2.45) is 5.73 Å². The van der Waals surface area contributed by atoms with Gasteiger partial charge in [-0.2, -0.15) is 11.8 Å². The topological polar surface area (TPSA) is 26.0 Å². The van der Waals surface area contributed by atoms with Gasteiger partial charge in [0.2, 0.25) is 0 Å². The fourth-order valence-electron chi connectivity index (χ4n) is 1.56. The van der Waals surface area contributed by atoms with E-state index >= 15 is 0 Å². The lowest BCUT2D eigenvalue weighted by Gasteiger charge is -2.11. The van der Waals surface area contributed by atoms with E-state index in [0.717, 1.165) is 17.9 Å². The highest BCUT2D eigenvalue weighted by Gasteiger charge is 2.04. The van der Waals surface area contributed by atoms with Crippen LogP contribution in [0, 0.1) is 0 Å². The maximum Gasteiger partial charge on any atom is 0.0408 e. The van der Waals surface area contributed by atoms with Crippen molar-refractivity contribution in [3.63, 3.8) is 0 Å². The van der Waals surface area contributed by atoms with E-state index in [0.29, 0.717) is 0 Å². The molecule has 0 fully saturated rings. The normalized spacial score (nSPS) is 12.7. The Morgan fingerprint density at radius 3 is 2.93 bits per heavy atom. The molecule has 0 saturated carbocycles. The number of thioether (sulfide) groups is 1. The smallest absolute Gasteiger partial charge is 0.0408 e. The van der Waals surface area contributed by atoms with E-state index in [1.54, 1.807) is 0 Å². The van der Waals surface area contributed by atoms with Crippen molar-refractivity contribution in [3.05, 3.63) is 34.9 Å². The lowest BCUT2D eigenvalue weighted by atomic mass is 10.0. The van der Waals surface area contributed by atoms with E-state index in [9.17, 15) is 0 Å². The average Bonchev–Trinajstić information content (AvgIpc) is 2.18. The molecule has 0 aliphatic carbocycles. The van der Waals surface area contributed by atoms with Crippen molar-refractivity contribution >= 4 is 23.4 Å². The van der Waals surface area contributed by atoms with Gasteiger partial charge in [-0.15, -0.1) is 0 Å². The van der Waals surface area contributed by atoms with Crippen molar-refractivity contribution in [2.45, 2.75) is 25.3 Å². The van der Waals surface area contributed by atoms with Crippen LogP contribution >= 0.6 is 23.4 Å². The minimum atomic E-state index is 0.260. The maximum atomic E-state index is 6.04. The second-order valence-corrected chi connectivity index (χ2v) is 5.15. The summed E-state index contributed by atoms with van der Waals surface area (Å²) < 4.78 is 0. The van der Waals surface area contributed by atoms with Crippen LogP contribution in [0.5, 0.6) is 0 Å². The standard InChI is InChI=1S/C12H18ClNS/c1-15-7-3-6-12(14)9-10-4-2-5-11(13)8-10/h2,4-5,8,12H,3,6-7,9,14H2,1H3. The number of hydrogen-bond acceptors (Lipinski definition) is 2. The van der Waals surface area contributed by atoms with Crippen LogP contribution in [-0.2, 0) is 6.42 Å². The van der Waals surface area contributed by atoms with Gasteiger partial charge in [-0.1, -0.05) is 23.7 Å². The quantitative estimate of drug-likeness (QED) is 0.776. The fraction of sp³-hybridized carbons (Fsp3) is 0.500. The number of hydrogen-bond donors (Lipinski definition) is 1. The summed E-state index contributed by atoms with van der Waals surface area (Å²) in [7, 11) is 0. The Hall–Kier alpha value is -0.180.